The third kappa shape index (κ3) is 6.60. The Kier molecular flexibility index (Phi) is 7.97. The summed E-state index contributed by atoms with van der Waals surface area (Å²) < 4.78 is 9.87. The van der Waals surface area contributed by atoms with Crippen LogP contribution in [0.2, 0.25) is 0 Å². The maximum Gasteiger partial charge on any atom is 0.167 e. The predicted molar refractivity (Wildman–Crippen MR) is 159 cm³/mol. The third-order valence-corrected chi connectivity index (χ3v) is 6.21. The molecule has 0 aliphatic heterocycles. The molecule has 0 bridgehead atoms. The van der Waals surface area contributed by atoms with Gasteiger partial charge in [0.1, 0.15) is 0 Å². The van der Waals surface area contributed by atoms with Gasteiger partial charge in [-0.05, 0) is 81.3 Å². The lowest BCUT2D eigenvalue weighted by atomic mass is 10.2. The van der Waals surface area contributed by atoms with E-state index in [1.165, 1.54) is 33.0 Å². The summed E-state index contributed by atoms with van der Waals surface area (Å²) in [6, 6.07) is 24.4. The van der Waals surface area contributed by atoms with Crippen molar-refractivity contribution in [3.63, 3.8) is 0 Å². The van der Waals surface area contributed by atoms with Gasteiger partial charge >= 0.3 is 0 Å². The molecule has 0 saturated carbocycles. The first kappa shape index (κ1) is 26.4. The minimum Gasteiger partial charge on any atom is -0.356 e. The number of aryl methyl sites for hydroxylation is 4. The van der Waals surface area contributed by atoms with Crippen LogP contribution in [-0.4, -0.2) is 30.7 Å². The zero-order valence-corrected chi connectivity index (χ0v) is 22.8. The van der Waals surface area contributed by atoms with Crippen LogP contribution in [0.3, 0.4) is 0 Å². The van der Waals surface area contributed by atoms with Gasteiger partial charge in [0.25, 0.3) is 0 Å². The molecule has 0 saturated heterocycles. The Morgan fingerprint density at radius 3 is 1.80 bits per heavy atom. The van der Waals surface area contributed by atoms with Gasteiger partial charge in [0, 0.05) is 21.5 Å². The highest BCUT2D eigenvalue weighted by Crippen LogP contribution is 2.15. The zero-order chi connectivity index (χ0) is 27.9. The zero-order valence-electron chi connectivity index (χ0n) is 22.8. The lowest BCUT2D eigenvalue weighted by molar-refractivity contribution is 0.456. The molecule has 4 aromatic heterocycles. The summed E-state index contributed by atoms with van der Waals surface area (Å²) in [5.74, 6) is 0. The number of aromatic nitrogens is 6. The van der Waals surface area contributed by atoms with Crippen molar-refractivity contribution < 1.29 is 9.05 Å². The Hall–Kier alpha value is -5.24. The monoisotopic (exact) mass is 530 g/mol. The third-order valence-electron chi connectivity index (χ3n) is 6.21. The highest BCUT2D eigenvalue weighted by Gasteiger charge is 1.96. The minimum absolute atomic E-state index is 0.852. The predicted octanol–water partition coefficient (Wildman–Crippen LogP) is 8.02. The van der Waals surface area contributed by atoms with Gasteiger partial charge in [-0.3, -0.25) is 10.2 Å². The van der Waals surface area contributed by atoms with E-state index in [0.717, 1.165) is 33.0 Å². The van der Waals surface area contributed by atoms with E-state index < -0.39 is 0 Å². The molecular formula is C32H30N6O2. The average molecular weight is 531 g/mol. The molecule has 0 amide bonds. The van der Waals surface area contributed by atoms with Crippen LogP contribution in [-0.2, 0) is 0 Å². The molecule has 0 aliphatic carbocycles. The van der Waals surface area contributed by atoms with E-state index >= 15 is 0 Å². The molecule has 8 heteroatoms. The smallest absolute Gasteiger partial charge is 0.167 e. The van der Waals surface area contributed by atoms with Gasteiger partial charge in [0.05, 0.1) is 35.8 Å². The molecule has 8 rings (SSSR count). The van der Waals surface area contributed by atoms with E-state index in [4.69, 9.17) is 9.05 Å². The summed E-state index contributed by atoms with van der Waals surface area (Å²) in [7, 11) is 0. The first-order chi connectivity index (χ1) is 19.4. The summed E-state index contributed by atoms with van der Waals surface area (Å²) >= 11 is 0. The van der Waals surface area contributed by atoms with Crippen LogP contribution in [0.1, 0.15) is 22.3 Å². The lowest BCUT2D eigenvalue weighted by Gasteiger charge is -1.89. The van der Waals surface area contributed by atoms with Gasteiger partial charge in [-0.15, -0.1) is 0 Å². The van der Waals surface area contributed by atoms with E-state index in [9.17, 15) is 0 Å². The van der Waals surface area contributed by atoms with E-state index in [1.54, 1.807) is 12.4 Å². The standard InChI is InChI=1S/2C8H8N2.2C8H7NO/c1-6-2-3-8-7(4-6)5-9-10-8;1-6-2-3-7-5-9-10-8(7)4-6;1-6-2-3-8-7(4-6)5-9-10-8;1-6-2-3-7-5-9-10-8(7)4-6/h2*2-5H,1H3,(H,9,10);2*2-5H,1H3. The number of benzene rings is 4. The number of hydrogen-bond donors (Lipinski definition) is 2. The lowest BCUT2D eigenvalue weighted by Crippen LogP contribution is -1.70. The molecule has 2 N–H and O–H groups in total. The fourth-order valence-corrected chi connectivity index (χ4v) is 4.07. The largest absolute Gasteiger partial charge is 0.356 e. The normalized spacial score (nSPS) is 10.5. The molecule has 0 fully saturated rings. The van der Waals surface area contributed by atoms with Crippen molar-refractivity contribution in [1.29, 1.82) is 0 Å². The number of nitrogens with one attached hydrogen (secondary N) is 2. The van der Waals surface area contributed by atoms with Gasteiger partial charge in [0.15, 0.2) is 11.2 Å². The Balaban J connectivity index is 0.000000108. The van der Waals surface area contributed by atoms with E-state index in [2.05, 4.69) is 74.9 Å². The molecule has 0 aliphatic rings. The number of rotatable bonds is 0. The van der Waals surface area contributed by atoms with Crippen molar-refractivity contribution in [2.45, 2.75) is 27.7 Å². The number of aromatic amines is 2. The Bertz CT molecular complexity index is 1690. The average Bonchev–Trinajstić information content (AvgIpc) is 3.75. The fraction of sp³-hybridized carbons (Fsp3) is 0.125. The molecule has 0 atom stereocenters. The van der Waals surface area contributed by atoms with E-state index in [0.29, 0.717) is 0 Å². The van der Waals surface area contributed by atoms with Crippen LogP contribution < -0.4 is 0 Å². The van der Waals surface area contributed by atoms with Gasteiger partial charge < -0.3 is 9.05 Å². The number of H-pyrrole nitrogens is 2. The molecule has 0 radical (unpaired) electrons. The topological polar surface area (TPSA) is 109 Å². The molecular weight excluding hydrogens is 500 g/mol. The van der Waals surface area contributed by atoms with Crippen molar-refractivity contribution >= 4 is 43.7 Å². The van der Waals surface area contributed by atoms with E-state index in [1.807, 2.05) is 68.7 Å². The molecule has 40 heavy (non-hydrogen) atoms. The maximum atomic E-state index is 4.95. The van der Waals surface area contributed by atoms with Crippen LogP contribution in [0, 0.1) is 27.7 Å². The molecule has 0 unspecified atom stereocenters. The number of nitrogens with zero attached hydrogens (tertiary/aromatic N) is 4. The summed E-state index contributed by atoms with van der Waals surface area (Å²) in [6.45, 7) is 8.22. The van der Waals surface area contributed by atoms with Crippen LogP contribution in [0.25, 0.3) is 43.7 Å². The molecule has 8 nitrogen and oxygen atoms in total. The Labute approximate surface area is 231 Å². The van der Waals surface area contributed by atoms with Crippen LogP contribution in [0.4, 0.5) is 0 Å². The van der Waals surface area contributed by atoms with E-state index in [-0.39, 0.29) is 0 Å². The van der Waals surface area contributed by atoms with Gasteiger partial charge in [-0.1, -0.05) is 51.8 Å². The Morgan fingerprint density at radius 1 is 0.450 bits per heavy atom. The second-order valence-electron chi connectivity index (χ2n) is 9.66. The van der Waals surface area contributed by atoms with Crippen molar-refractivity contribution in [3.8, 4) is 0 Å². The number of hydrogen-bond acceptors (Lipinski definition) is 6. The highest BCUT2D eigenvalue weighted by molar-refractivity contribution is 5.79. The second kappa shape index (κ2) is 12.1. The first-order valence-corrected chi connectivity index (χ1v) is 12.9. The molecule has 4 heterocycles. The molecule has 4 aromatic carbocycles. The van der Waals surface area contributed by atoms with Gasteiger partial charge in [0.2, 0.25) is 0 Å². The second-order valence-corrected chi connectivity index (χ2v) is 9.66. The van der Waals surface area contributed by atoms with Gasteiger partial charge in [-0.2, -0.15) is 10.2 Å². The Morgan fingerprint density at radius 2 is 1.00 bits per heavy atom. The summed E-state index contributed by atoms with van der Waals surface area (Å²) in [6.07, 6.45) is 7.11. The molecule has 0 spiro atoms. The van der Waals surface area contributed by atoms with Crippen molar-refractivity contribution in [2.24, 2.45) is 0 Å². The van der Waals surface area contributed by atoms with Crippen molar-refractivity contribution in [2.75, 3.05) is 0 Å². The molecule has 200 valence electrons. The SMILES string of the molecule is Cc1ccc2[nH]ncc2c1.Cc1ccc2cn[nH]c2c1.Cc1ccc2cnoc2c1.Cc1ccc2oncc2c1. The summed E-state index contributed by atoms with van der Waals surface area (Å²) in [5, 5.41) is 25.5. The van der Waals surface area contributed by atoms with Crippen LogP contribution in [0.5, 0.6) is 0 Å². The minimum atomic E-state index is 0.852. The van der Waals surface area contributed by atoms with Crippen molar-refractivity contribution in [3.05, 3.63) is 120 Å². The van der Waals surface area contributed by atoms with Crippen molar-refractivity contribution in [1.82, 2.24) is 30.7 Å². The first-order valence-electron chi connectivity index (χ1n) is 12.9. The number of fused-ring (bicyclic) bond motifs is 4. The van der Waals surface area contributed by atoms with Crippen LogP contribution >= 0.6 is 0 Å². The summed E-state index contributed by atoms with van der Waals surface area (Å²) in [4.78, 5) is 0. The quantitative estimate of drug-likeness (QED) is 0.205. The van der Waals surface area contributed by atoms with Gasteiger partial charge in [-0.25, -0.2) is 0 Å². The fourth-order valence-electron chi connectivity index (χ4n) is 4.07. The summed E-state index contributed by atoms with van der Waals surface area (Å²) in [5.41, 5.74) is 8.89. The van der Waals surface area contributed by atoms with Crippen LogP contribution in [0.15, 0.2) is 107 Å². The highest BCUT2D eigenvalue weighted by atomic mass is 16.5. The maximum absolute atomic E-state index is 4.95. The molecule has 8 aromatic rings.